The fourth-order valence-corrected chi connectivity index (χ4v) is 4.12. The molecule has 3 heteroatoms. The number of amides is 1. The summed E-state index contributed by atoms with van der Waals surface area (Å²) in [6, 6.07) is 0. The van der Waals surface area contributed by atoms with E-state index >= 15 is 0 Å². The molecule has 0 aromatic carbocycles. The third-order valence-electron chi connectivity index (χ3n) is 6.14. The summed E-state index contributed by atoms with van der Waals surface area (Å²) in [5.41, 5.74) is 5.13. The van der Waals surface area contributed by atoms with Gasteiger partial charge in [0.15, 0.2) is 0 Å². The number of carbonyl (C=O) groups is 1. The van der Waals surface area contributed by atoms with Gasteiger partial charge in [0.25, 0.3) is 0 Å². The van der Waals surface area contributed by atoms with Crippen molar-refractivity contribution in [2.75, 3.05) is 27.2 Å². The van der Waals surface area contributed by atoms with E-state index in [1.807, 2.05) is 6.08 Å². The molecule has 33 heavy (non-hydrogen) atoms. The van der Waals surface area contributed by atoms with Crippen LogP contribution in [-0.4, -0.2) is 37.6 Å². The van der Waals surface area contributed by atoms with Crippen LogP contribution in [0.2, 0.25) is 0 Å². The van der Waals surface area contributed by atoms with Crippen LogP contribution in [0.25, 0.3) is 0 Å². The highest BCUT2D eigenvalue weighted by molar-refractivity contribution is 5.73. The number of carbonyl (C=O) groups excluding carboxylic acids is 1. The molecule has 0 unspecified atom stereocenters. The van der Waals surface area contributed by atoms with E-state index in [1.165, 1.54) is 109 Å². The SMILES string of the molecule is C=CC[N+](C)(C)CCC.CCCCCCCC/C=C\CCCCCCCCCCCC(N)=O. The van der Waals surface area contributed by atoms with Gasteiger partial charge in [-0.2, -0.15) is 0 Å². The lowest BCUT2D eigenvalue weighted by Gasteiger charge is -2.27. The van der Waals surface area contributed by atoms with Gasteiger partial charge >= 0.3 is 0 Å². The largest absolute Gasteiger partial charge is 0.370 e. The van der Waals surface area contributed by atoms with Crippen LogP contribution in [0.15, 0.2) is 24.8 Å². The summed E-state index contributed by atoms with van der Waals surface area (Å²) in [6.45, 7) is 10.5. The molecule has 0 atom stereocenters. The van der Waals surface area contributed by atoms with E-state index < -0.39 is 0 Å². The normalized spacial score (nSPS) is 11.4. The third-order valence-corrected chi connectivity index (χ3v) is 6.14. The topological polar surface area (TPSA) is 43.1 Å². The maximum Gasteiger partial charge on any atom is 0.217 e. The Morgan fingerprint density at radius 1 is 0.697 bits per heavy atom. The van der Waals surface area contributed by atoms with Gasteiger partial charge in [0.2, 0.25) is 5.91 Å². The van der Waals surface area contributed by atoms with E-state index in [4.69, 9.17) is 5.73 Å². The molecule has 0 heterocycles. The first-order chi connectivity index (χ1) is 15.9. The van der Waals surface area contributed by atoms with Gasteiger partial charge in [-0.3, -0.25) is 4.79 Å². The maximum absolute atomic E-state index is 10.6. The van der Waals surface area contributed by atoms with Crippen LogP contribution in [0.4, 0.5) is 0 Å². The minimum Gasteiger partial charge on any atom is -0.370 e. The summed E-state index contributed by atoms with van der Waals surface area (Å²) >= 11 is 0. The molecule has 0 aliphatic rings. The zero-order valence-electron chi connectivity index (χ0n) is 23.2. The first-order valence-electron chi connectivity index (χ1n) is 14.3. The van der Waals surface area contributed by atoms with Crippen molar-refractivity contribution in [1.82, 2.24) is 0 Å². The second kappa shape index (κ2) is 27.2. The lowest BCUT2D eigenvalue weighted by atomic mass is 10.1. The summed E-state index contributed by atoms with van der Waals surface area (Å²) in [5, 5.41) is 0. The second-order valence-electron chi connectivity index (χ2n) is 10.3. The van der Waals surface area contributed by atoms with Crippen LogP contribution in [0.3, 0.4) is 0 Å². The van der Waals surface area contributed by atoms with Gasteiger partial charge in [0, 0.05) is 6.42 Å². The maximum atomic E-state index is 10.6. The molecule has 2 N–H and O–H groups in total. The highest BCUT2D eigenvalue weighted by atomic mass is 16.1. The van der Waals surface area contributed by atoms with E-state index in [0.29, 0.717) is 6.42 Å². The van der Waals surface area contributed by atoms with Crippen LogP contribution < -0.4 is 5.73 Å². The van der Waals surface area contributed by atoms with Crippen LogP contribution in [0, 0.1) is 0 Å². The predicted molar refractivity (Wildman–Crippen MR) is 149 cm³/mol. The summed E-state index contributed by atoms with van der Waals surface area (Å²) in [7, 11) is 4.45. The van der Waals surface area contributed by atoms with Crippen LogP contribution in [-0.2, 0) is 4.79 Å². The Morgan fingerprint density at radius 3 is 1.52 bits per heavy atom. The zero-order valence-corrected chi connectivity index (χ0v) is 23.2. The predicted octanol–water partition coefficient (Wildman–Crippen LogP) is 8.73. The van der Waals surface area contributed by atoms with E-state index in [9.17, 15) is 4.79 Å². The van der Waals surface area contributed by atoms with E-state index in [-0.39, 0.29) is 5.91 Å². The number of hydrogen-bond acceptors (Lipinski definition) is 1. The fourth-order valence-electron chi connectivity index (χ4n) is 4.12. The summed E-state index contributed by atoms with van der Waals surface area (Å²) in [5.74, 6) is -0.156. The third kappa shape index (κ3) is 33.2. The number of primary amides is 1. The number of rotatable bonds is 23. The molecule has 3 nitrogen and oxygen atoms in total. The van der Waals surface area contributed by atoms with Gasteiger partial charge in [-0.05, 0) is 44.6 Å². The number of quaternary nitrogens is 1. The molecular formula is C30H61N2O+. The standard InChI is InChI=1S/C22H43NO.C8H18N/c1-2-3-4-5-6-7-8-9-10-11-12-13-14-15-16-17-18-19-20-21-22(23)24;1-5-7-9(3,4)8-6-2/h9-10H,2-8,11-21H2,1H3,(H2,23,24);5H,1,6-8H2,2-4H3/q;+1/b10-9-;. The van der Waals surface area contributed by atoms with Crippen molar-refractivity contribution in [2.24, 2.45) is 5.73 Å². The number of allylic oxidation sites excluding steroid dienone is 2. The number of nitrogens with two attached hydrogens (primary N) is 1. The van der Waals surface area contributed by atoms with Gasteiger partial charge in [-0.25, -0.2) is 0 Å². The van der Waals surface area contributed by atoms with Crippen LogP contribution in [0.5, 0.6) is 0 Å². The molecule has 0 saturated carbocycles. The molecule has 0 rings (SSSR count). The van der Waals surface area contributed by atoms with Crippen molar-refractivity contribution >= 4 is 5.91 Å². The quantitative estimate of drug-likeness (QED) is 0.0914. The summed E-state index contributed by atoms with van der Waals surface area (Å²) in [6.07, 6.45) is 31.1. The molecule has 0 fully saturated rings. The van der Waals surface area contributed by atoms with E-state index in [2.05, 4.69) is 46.7 Å². The number of nitrogens with zero attached hydrogens (tertiary/aromatic N) is 1. The average molecular weight is 466 g/mol. The first-order valence-corrected chi connectivity index (χ1v) is 14.3. The van der Waals surface area contributed by atoms with Crippen molar-refractivity contribution < 1.29 is 9.28 Å². The molecule has 0 radical (unpaired) electrons. The molecular weight excluding hydrogens is 404 g/mol. The lowest BCUT2D eigenvalue weighted by molar-refractivity contribution is -0.884. The van der Waals surface area contributed by atoms with Crippen molar-refractivity contribution in [3.05, 3.63) is 24.8 Å². The zero-order chi connectivity index (χ0) is 25.0. The number of hydrogen-bond donors (Lipinski definition) is 1. The minimum atomic E-state index is -0.156. The molecule has 0 spiro atoms. The van der Waals surface area contributed by atoms with Crippen molar-refractivity contribution in [3.8, 4) is 0 Å². The summed E-state index contributed by atoms with van der Waals surface area (Å²) < 4.78 is 1.07. The first kappa shape index (κ1) is 34.1. The molecule has 0 aliphatic heterocycles. The molecule has 0 aromatic rings. The van der Waals surface area contributed by atoms with Gasteiger partial charge in [0.05, 0.1) is 27.2 Å². The van der Waals surface area contributed by atoms with Gasteiger partial charge < -0.3 is 10.2 Å². The molecule has 0 aromatic heterocycles. The molecule has 1 amide bonds. The molecule has 0 bridgehead atoms. The monoisotopic (exact) mass is 465 g/mol. The Labute approximate surface area is 208 Å². The van der Waals surface area contributed by atoms with E-state index in [0.717, 1.165) is 23.9 Å². The highest BCUT2D eigenvalue weighted by Crippen LogP contribution is 2.12. The number of unbranched alkanes of at least 4 members (excludes halogenated alkanes) is 15. The molecule has 0 aliphatic carbocycles. The fraction of sp³-hybridized carbons (Fsp3) is 0.833. The number of likely N-dealkylation sites (N-methyl/N-ethyl adjacent to an activating group) is 1. The Kier molecular flexibility index (Phi) is 28.0. The van der Waals surface area contributed by atoms with Crippen LogP contribution in [0.1, 0.15) is 136 Å². The molecule has 196 valence electrons. The van der Waals surface area contributed by atoms with Crippen molar-refractivity contribution in [3.63, 3.8) is 0 Å². The lowest BCUT2D eigenvalue weighted by Crippen LogP contribution is -2.39. The van der Waals surface area contributed by atoms with Crippen LogP contribution >= 0.6 is 0 Å². The Hall–Kier alpha value is -1.09. The molecule has 0 saturated heterocycles. The second-order valence-corrected chi connectivity index (χ2v) is 10.3. The van der Waals surface area contributed by atoms with Crippen molar-refractivity contribution in [1.29, 1.82) is 0 Å². The minimum absolute atomic E-state index is 0.156. The van der Waals surface area contributed by atoms with Gasteiger partial charge in [0.1, 0.15) is 0 Å². The Bertz CT molecular complexity index is 443. The van der Waals surface area contributed by atoms with E-state index in [1.54, 1.807) is 0 Å². The van der Waals surface area contributed by atoms with Crippen molar-refractivity contribution in [2.45, 2.75) is 136 Å². The Balaban J connectivity index is 0. The van der Waals surface area contributed by atoms with Gasteiger partial charge in [-0.15, -0.1) is 0 Å². The smallest absolute Gasteiger partial charge is 0.217 e. The van der Waals surface area contributed by atoms with Gasteiger partial charge in [-0.1, -0.05) is 110 Å². The Morgan fingerprint density at radius 2 is 1.12 bits per heavy atom. The summed E-state index contributed by atoms with van der Waals surface area (Å²) in [4.78, 5) is 10.6. The average Bonchev–Trinajstić information content (AvgIpc) is 2.75. The highest BCUT2D eigenvalue weighted by Gasteiger charge is 2.08.